The molecule has 0 atom stereocenters. The highest BCUT2D eigenvalue weighted by Gasteiger charge is 2.23. The van der Waals surface area contributed by atoms with Gasteiger partial charge < -0.3 is 15.5 Å². The molecule has 0 bridgehead atoms. The lowest BCUT2D eigenvalue weighted by Gasteiger charge is -2.29. The predicted octanol–water partition coefficient (Wildman–Crippen LogP) is 4.54. The summed E-state index contributed by atoms with van der Waals surface area (Å²) in [6.45, 7) is 2.31. The van der Waals surface area contributed by atoms with Gasteiger partial charge in [-0.2, -0.15) is 4.98 Å². The first-order valence-electron chi connectivity index (χ1n) is 11.2. The molecule has 32 heavy (non-hydrogen) atoms. The molecule has 0 radical (unpaired) electrons. The van der Waals surface area contributed by atoms with Gasteiger partial charge in [-0.05, 0) is 74.4 Å². The van der Waals surface area contributed by atoms with Crippen LogP contribution < -0.4 is 15.5 Å². The monoisotopic (exact) mass is 435 g/mol. The largest absolute Gasteiger partial charge is 0.362 e. The van der Waals surface area contributed by atoms with Crippen LogP contribution in [0.3, 0.4) is 0 Å². The summed E-state index contributed by atoms with van der Waals surface area (Å²) < 4.78 is 13.4. The minimum absolute atomic E-state index is 0.144. The molecule has 1 aliphatic carbocycles. The standard InChI is InChI=1S/C25H30FN5O/c1-16-14-18(10-13-21(16)26)24(32)27-15-17-8-11-19(12-9-17)28-25-29-22-7-5-4-6-20(22)23(30-25)31(2)3/h4-7,10,13-14,17,19H,8-9,11-12,15H2,1-3H3,(H,27,32)(H,28,29,30). The molecule has 4 rings (SSSR count). The SMILES string of the molecule is Cc1cc(C(=O)NCC2CCC(Nc3nc(N(C)C)c4ccccc4n3)CC2)ccc1F. The summed E-state index contributed by atoms with van der Waals surface area (Å²) in [5.41, 5.74) is 1.92. The van der Waals surface area contributed by atoms with Gasteiger partial charge in [0.05, 0.1) is 5.52 Å². The number of para-hydroxylation sites is 1. The van der Waals surface area contributed by atoms with Gasteiger partial charge in [0.15, 0.2) is 0 Å². The van der Waals surface area contributed by atoms with Crippen molar-refractivity contribution < 1.29 is 9.18 Å². The maximum atomic E-state index is 13.4. The quantitative estimate of drug-likeness (QED) is 0.595. The molecule has 2 N–H and O–H groups in total. The summed E-state index contributed by atoms with van der Waals surface area (Å²) in [7, 11) is 3.98. The minimum Gasteiger partial charge on any atom is -0.362 e. The van der Waals surface area contributed by atoms with E-state index in [0.717, 1.165) is 42.4 Å². The van der Waals surface area contributed by atoms with E-state index in [4.69, 9.17) is 9.97 Å². The van der Waals surface area contributed by atoms with Gasteiger partial charge in [-0.25, -0.2) is 9.37 Å². The molecule has 1 aliphatic rings. The fourth-order valence-corrected chi connectivity index (χ4v) is 4.28. The number of amides is 1. The average Bonchev–Trinajstić information content (AvgIpc) is 2.79. The minimum atomic E-state index is -0.291. The zero-order chi connectivity index (χ0) is 22.7. The lowest BCUT2D eigenvalue weighted by molar-refractivity contribution is 0.0943. The summed E-state index contributed by atoms with van der Waals surface area (Å²) in [5.74, 6) is 1.57. The van der Waals surface area contributed by atoms with Crippen LogP contribution in [0.1, 0.15) is 41.6 Å². The van der Waals surface area contributed by atoms with Gasteiger partial charge in [0.1, 0.15) is 11.6 Å². The first-order valence-corrected chi connectivity index (χ1v) is 11.2. The highest BCUT2D eigenvalue weighted by atomic mass is 19.1. The van der Waals surface area contributed by atoms with E-state index in [9.17, 15) is 9.18 Å². The van der Waals surface area contributed by atoms with Gasteiger partial charge in [-0.3, -0.25) is 4.79 Å². The number of nitrogens with one attached hydrogen (secondary N) is 2. The van der Waals surface area contributed by atoms with E-state index < -0.39 is 0 Å². The van der Waals surface area contributed by atoms with Crippen LogP contribution in [0.15, 0.2) is 42.5 Å². The van der Waals surface area contributed by atoms with Gasteiger partial charge in [0.2, 0.25) is 5.95 Å². The zero-order valence-corrected chi connectivity index (χ0v) is 18.9. The second-order valence-electron chi connectivity index (χ2n) is 8.82. The molecule has 1 fully saturated rings. The van der Waals surface area contributed by atoms with Crippen LogP contribution in [0.2, 0.25) is 0 Å². The van der Waals surface area contributed by atoms with Crippen molar-refractivity contribution in [2.75, 3.05) is 30.9 Å². The van der Waals surface area contributed by atoms with Crippen molar-refractivity contribution in [3.05, 3.63) is 59.4 Å². The third kappa shape index (κ3) is 4.98. The maximum Gasteiger partial charge on any atom is 0.251 e. The number of hydrogen-bond acceptors (Lipinski definition) is 5. The van der Waals surface area contributed by atoms with Gasteiger partial charge in [0.25, 0.3) is 5.91 Å². The Labute approximate surface area is 188 Å². The van der Waals surface area contributed by atoms with E-state index in [1.165, 1.54) is 12.1 Å². The summed E-state index contributed by atoms with van der Waals surface area (Å²) in [6, 6.07) is 12.8. The van der Waals surface area contributed by atoms with Crippen LogP contribution >= 0.6 is 0 Å². The van der Waals surface area contributed by atoms with Crippen LogP contribution in [0.4, 0.5) is 16.2 Å². The van der Waals surface area contributed by atoms with Gasteiger partial charge in [-0.1, -0.05) is 12.1 Å². The van der Waals surface area contributed by atoms with E-state index in [0.29, 0.717) is 35.6 Å². The highest BCUT2D eigenvalue weighted by molar-refractivity contribution is 5.94. The molecular weight excluding hydrogens is 405 g/mol. The van der Waals surface area contributed by atoms with E-state index in [-0.39, 0.29) is 11.7 Å². The Bertz CT molecular complexity index is 1110. The lowest BCUT2D eigenvalue weighted by Crippen LogP contribution is -2.34. The van der Waals surface area contributed by atoms with E-state index >= 15 is 0 Å². The summed E-state index contributed by atoms with van der Waals surface area (Å²) in [4.78, 5) is 23.8. The molecule has 1 amide bonds. The average molecular weight is 436 g/mol. The fourth-order valence-electron chi connectivity index (χ4n) is 4.28. The number of carbonyl (C=O) groups is 1. The number of hydrogen-bond donors (Lipinski definition) is 2. The van der Waals surface area contributed by atoms with Crippen molar-refractivity contribution >= 4 is 28.6 Å². The summed E-state index contributed by atoms with van der Waals surface area (Å²) >= 11 is 0. The number of nitrogens with zero attached hydrogens (tertiary/aromatic N) is 3. The van der Waals surface area contributed by atoms with Gasteiger partial charge in [-0.15, -0.1) is 0 Å². The Morgan fingerprint density at radius 1 is 1.09 bits per heavy atom. The molecule has 0 saturated heterocycles. The number of aromatic nitrogens is 2. The molecule has 3 aromatic rings. The maximum absolute atomic E-state index is 13.4. The van der Waals surface area contributed by atoms with E-state index in [1.54, 1.807) is 13.0 Å². The van der Waals surface area contributed by atoms with Crippen molar-refractivity contribution in [3.8, 4) is 0 Å². The van der Waals surface area contributed by atoms with Gasteiger partial charge in [0, 0.05) is 37.6 Å². The van der Waals surface area contributed by atoms with Gasteiger partial charge >= 0.3 is 0 Å². The lowest BCUT2D eigenvalue weighted by atomic mass is 9.86. The van der Waals surface area contributed by atoms with Crippen LogP contribution in [0, 0.1) is 18.7 Å². The number of anilines is 2. The number of benzene rings is 2. The normalized spacial score (nSPS) is 18.4. The molecule has 2 aromatic carbocycles. The number of rotatable bonds is 6. The Morgan fingerprint density at radius 2 is 1.84 bits per heavy atom. The topological polar surface area (TPSA) is 70.2 Å². The van der Waals surface area contributed by atoms with Crippen molar-refractivity contribution in [1.29, 1.82) is 0 Å². The summed E-state index contributed by atoms with van der Waals surface area (Å²) in [5, 5.41) is 7.57. The predicted molar refractivity (Wildman–Crippen MR) is 127 cm³/mol. The molecule has 0 unspecified atom stereocenters. The first kappa shape index (κ1) is 22.0. The van der Waals surface area contributed by atoms with Crippen LogP contribution in [0.25, 0.3) is 10.9 Å². The second-order valence-corrected chi connectivity index (χ2v) is 8.82. The van der Waals surface area contributed by atoms with Crippen molar-refractivity contribution in [1.82, 2.24) is 15.3 Å². The first-order chi connectivity index (χ1) is 15.4. The molecule has 7 heteroatoms. The third-order valence-electron chi connectivity index (χ3n) is 6.16. The molecule has 168 valence electrons. The van der Waals surface area contributed by atoms with Crippen molar-refractivity contribution in [2.24, 2.45) is 5.92 Å². The molecule has 1 heterocycles. The van der Waals surface area contributed by atoms with Crippen molar-refractivity contribution in [2.45, 2.75) is 38.6 Å². The Morgan fingerprint density at radius 3 is 2.56 bits per heavy atom. The van der Waals surface area contributed by atoms with E-state index in [1.807, 2.05) is 43.3 Å². The molecule has 1 aromatic heterocycles. The smallest absolute Gasteiger partial charge is 0.251 e. The Kier molecular flexibility index (Phi) is 6.53. The number of fused-ring (bicyclic) bond motifs is 1. The number of carbonyl (C=O) groups excluding carboxylic acids is 1. The third-order valence-corrected chi connectivity index (χ3v) is 6.16. The number of halogens is 1. The van der Waals surface area contributed by atoms with Crippen LogP contribution in [0.5, 0.6) is 0 Å². The molecule has 1 saturated carbocycles. The van der Waals surface area contributed by atoms with Crippen LogP contribution in [-0.2, 0) is 0 Å². The Hall–Kier alpha value is -3.22. The summed E-state index contributed by atoms with van der Waals surface area (Å²) in [6.07, 6.45) is 4.05. The number of aryl methyl sites for hydroxylation is 1. The van der Waals surface area contributed by atoms with Crippen LogP contribution in [-0.4, -0.2) is 42.6 Å². The molecule has 0 aliphatic heterocycles. The molecule has 6 nitrogen and oxygen atoms in total. The van der Waals surface area contributed by atoms with E-state index in [2.05, 4.69) is 10.6 Å². The zero-order valence-electron chi connectivity index (χ0n) is 18.9. The molecule has 0 spiro atoms. The second kappa shape index (κ2) is 9.51. The highest BCUT2D eigenvalue weighted by Crippen LogP contribution is 2.28. The fraction of sp³-hybridized carbons (Fsp3) is 0.400. The molecular formula is C25H30FN5O. The Balaban J connectivity index is 1.31. The van der Waals surface area contributed by atoms with Crippen molar-refractivity contribution in [3.63, 3.8) is 0 Å².